The lowest BCUT2D eigenvalue weighted by Crippen LogP contribution is -2.41. The van der Waals surface area contributed by atoms with Crippen molar-refractivity contribution in [2.45, 2.75) is 31.8 Å². The fourth-order valence-electron chi connectivity index (χ4n) is 3.35. The van der Waals surface area contributed by atoms with Gasteiger partial charge in [-0.15, -0.1) is 0 Å². The van der Waals surface area contributed by atoms with E-state index < -0.39 is 0 Å². The van der Waals surface area contributed by atoms with Gasteiger partial charge in [-0.2, -0.15) is 0 Å². The van der Waals surface area contributed by atoms with Crippen LogP contribution in [0.4, 0.5) is 11.6 Å². The summed E-state index contributed by atoms with van der Waals surface area (Å²) in [5, 5.41) is 2.81. The van der Waals surface area contributed by atoms with Crippen LogP contribution >= 0.6 is 0 Å². The van der Waals surface area contributed by atoms with E-state index >= 15 is 0 Å². The maximum absolute atomic E-state index is 12.6. The van der Waals surface area contributed by atoms with Crippen molar-refractivity contribution in [3.63, 3.8) is 0 Å². The number of carbonyl (C=O) groups excluding carboxylic acids is 1. The molecule has 1 amide bonds. The summed E-state index contributed by atoms with van der Waals surface area (Å²) >= 11 is 0. The third kappa shape index (κ3) is 3.96. The van der Waals surface area contributed by atoms with Crippen molar-refractivity contribution >= 4 is 17.5 Å². The number of benzene rings is 1. The van der Waals surface area contributed by atoms with Gasteiger partial charge in [-0.1, -0.05) is 12.1 Å². The van der Waals surface area contributed by atoms with Gasteiger partial charge in [-0.25, -0.2) is 9.97 Å². The molecule has 2 atom stereocenters. The van der Waals surface area contributed by atoms with Gasteiger partial charge in [0, 0.05) is 38.2 Å². The lowest BCUT2D eigenvalue weighted by molar-refractivity contribution is -0.121. The summed E-state index contributed by atoms with van der Waals surface area (Å²) in [6.45, 7) is 2.87. The average molecular weight is 339 g/mol. The van der Waals surface area contributed by atoms with Crippen LogP contribution in [0.15, 0.2) is 42.7 Å². The Morgan fingerprint density at radius 3 is 2.76 bits per heavy atom. The van der Waals surface area contributed by atoms with Crippen molar-refractivity contribution in [2.24, 2.45) is 0 Å². The molecule has 3 rings (SSSR count). The Kier molecular flexibility index (Phi) is 5.28. The summed E-state index contributed by atoms with van der Waals surface area (Å²) in [4.78, 5) is 25.1. The van der Waals surface area contributed by atoms with Gasteiger partial charge in [0.15, 0.2) is 0 Å². The third-order valence-electron chi connectivity index (χ3n) is 4.74. The number of anilines is 2. The number of nitrogens with zero attached hydrogens (tertiary/aromatic N) is 4. The molecule has 1 N–H and O–H groups in total. The highest BCUT2D eigenvalue weighted by atomic mass is 16.2. The zero-order chi connectivity index (χ0) is 17.8. The standard InChI is InChI=1S/C19H25N5O/c1-14(18(25)22-19-20-10-6-11-21-19)24-12-5-9-17(24)15-7-4-8-16(13-15)23(2)3/h4,6-8,10-11,13-14,17H,5,9,12H2,1-3H3,(H,20,21,22,25)/t14-,17-/m1/s1. The van der Waals surface area contributed by atoms with Crippen molar-refractivity contribution in [2.75, 3.05) is 30.9 Å². The summed E-state index contributed by atoms with van der Waals surface area (Å²) in [6, 6.07) is 10.3. The summed E-state index contributed by atoms with van der Waals surface area (Å²) in [5.41, 5.74) is 2.44. The third-order valence-corrected chi connectivity index (χ3v) is 4.74. The minimum Gasteiger partial charge on any atom is -0.378 e. The fourth-order valence-corrected chi connectivity index (χ4v) is 3.35. The van der Waals surface area contributed by atoms with Gasteiger partial charge in [-0.05, 0) is 50.1 Å². The smallest absolute Gasteiger partial charge is 0.243 e. The van der Waals surface area contributed by atoms with E-state index in [0.717, 1.165) is 19.4 Å². The number of hydrogen-bond donors (Lipinski definition) is 1. The van der Waals surface area contributed by atoms with Gasteiger partial charge in [0.2, 0.25) is 11.9 Å². The molecule has 0 spiro atoms. The molecule has 0 saturated carbocycles. The largest absolute Gasteiger partial charge is 0.378 e. The van der Waals surface area contributed by atoms with E-state index in [0.29, 0.717) is 5.95 Å². The van der Waals surface area contributed by atoms with Crippen LogP contribution in [0.2, 0.25) is 0 Å². The Morgan fingerprint density at radius 2 is 2.04 bits per heavy atom. The van der Waals surface area contributed by atoms with Crippen molar-refractivity contribution in [1.82, 2.24) is 14.9 Å². The first-order valence-electron chi connectivity index (χ1n) is 8.67. The van der Waals surface area contributed by atoms with Crippen LogP contribution in [0.25, 0.3) is 0 Å². The Morgan fingerprint density at radius 1 is 1.28 bits per heavy atom. The van der Waals surface area contributed by atoms with Crippen LogP contribution in [0.1, 0.15) is 31.4 Å². The first-order valence-corrected chi connectivity index (χ1v) is 8.67. The van der Waals surface area contributed by atoms with Crippen LogP contribution in [0, 0.1) is 0 Å². The molecular formula is C19H25N5O. The Hall–Kier alpha value is -2.47. The SMILES string of the molecule is C[C@H](C(=O)Nc1ncccn1)N1CCC[C@@H]1c1cccc(N(C)C)c1. The molecule has 0 aliphatic carbocycles. The average Bonchev–Trinajstić information content (AvgIpc) is 3.11. The minimum absolute atomic E-state index is 0.0677. The molecule has 6 heteroatoms. The van der Waals surface area contributed by atoms with E-state index in [9.17, 15) is 4.79 Å². The van der Waals surface area contributed by atoms with Crippen LogP contribution in [0.3, 0.4) is 0 Å². The minimum atomic E-state index is -0.237. The zero-order valence-corrected chi connectivity index (χ0v) is 15.0. The Balaban J connectivity index is 1.74. The molecule has 0 radical (unpaired) electrons. The maximum atomic E-state index is 12.6. The summed E-state index contributed by atoms with van der Waals surface area (Å²) in [6.07, 6.45) is 5.41. The molecule has 1 aromatic carbocycles. The number of carbonyl (C=O) groups is 1. The molecule has 1 aliphatic heterocycles. The highest BCUT2D eigenvalue weighted by Gasteiger charge is 2.33. The van der Waals surface area contributed by atoms with E-state index in [1.54, 1.807) is 18.5 Å². The molecule has 2 aromatic rings. The predicted molar refractivity (Wildman–Crippen MR) is 99.6 cm³/mol. The number of nitrogens with one attached hydrogen (secondary N) is 1. The van der Waals surface area contributed by atoms with Gasteiger partial charge in [0.25, 0.3) is 0 Å². The molecule has 1 saturated heterocycles. The van der Waals surface area contributed by atoms with Crippen LogP contribution < -0.4 is 10.2 Å². The maximum Gasteiger partial charge on any atom is 0.243 e. The van der Waals surface area contributed by atoms with Gasteiger partial charge < -0.3 is 4.90 Å². The van der Waals surface area contributed by atoms with Crippen LogP contribution in [-0.2, 0) is 4.79 Å². The van der Waals surface area contributed by atoms with E-state index in [2.05, 4.69) is 49.4 Å². The molecule has 2 heterocycles. The number of amides is 1. The van der Waals surface area contributed by atoms with Crippen molar-refractivity contribution in [1.29, 1.82) is 0 Å². The molecule has 25 heavy (non-hydrogen) atoms. The normalized spacial score (nSPS) is 18.8. The number of rotatable bonds is 5. The second kappa shape index (κ2) is 7.61. The van der Waals surface area contributed by atoms with Crippen LogP contribution in [-0.4, -0.2) is 47.5 Å². The number of aromatic nitrogens is 2. The van der Waals surface area contributed by atoms with E-state index in [1.165, 1.54) is 11.3 Å². The van der Waals surface area contributed by atoms with Crippen molar-refractivity contribution in [3.05, 3.63) is 48.3 Å². The second-order valence-corrected chi connectivity index (χ2v) is 6.62. The summed E-state index contributed by atoms with van der Waals surface area (Å²) < 4.78 is 0. The van der Waals surface area contributed by atoms with Crippen molar-refractivity contribution in [3.8, 4) is 0 Å². The van der Waals surface area contributed by atoms with Gasteiger partial charge >= 0.3 is 0 Å². The highest BCUT2D eigenvalue weighted by Crippen LogP contribution is 2.35. The Labute approximate surface area is 148 Å². The van der Waals surface area contributed by atoms with Gasteiger partial charge in [0.1, 0.15) is 0 Å². The molecule has 1 aromatic heterocycles. The Bertz CT molecular complexity index is 719. The topological polar surface area (TPSA) is 61.4 Å². The highest BCUT2D eigenvalue weighted by molar-refractivity contribution is 5.93. The molecule has 1 fully saturated rings. The first-order chi connectivity index (χ1) is 12.1. The fraction of sp³-hybridized carbons (Fsp3) is 0.421. The molecular weight excluding hydrogens is 314 g/mol. The quantitative estimate of drug-likeness (QED) is 0.907. The lowest BCUT2D eigenvalue weighted by Gasteiger charge is -2.30. The van der Waals surface area contributed by atoms with E-state index in [1.807, 2.05) is 21.0 Å². The number of likely N-dealkylation sites (tertiary alicyclic amines) is 1. The molecule has 132 valence electrons. The molecule has 0 unspecified atom stereocenters. The number of hydrogen-bond acceptors (Lipinski definition) is 5. The van der Waals surface area contributed by atoms with E-state index in [4.69, 9.17) is 0 Å². The lowest BCUT2D eigenvalue weighted by atomic mass is 10.0. The van der Waals surface area contributed by atoms with E-state index in [-0.39, 0.29) is 18.0 Å². The first kappa shape index (κ1) is 17.4. The molecule has 6 nitrogen and oxygen atoms in total. The summed E-state index contributed by atoms with van der Waals surface area (Å²) in [7, 11) is 4.09. The monoisotopic (exact) mass is 339 g/mol. The molecule has 0 bridgehead atoms. The van der Waals surface area contributed by atoms with Gasteiger partial charge in [-0.3, -0.25) is 15.0 Å². The summed E-state index contributed by atoms with van der Waals surface area (Å²) in [5.74, 6) is 0.284. The van der Waals surface area contributed by atoms with Crippen LogP contribution in [0.5, 0.6) is 0 Å². The van der Waals surface area contributed by atoms with Crippen molar-refractivity contribution < 1.29 is 4.79 Å². The predicted octanol–water partition coefficient (Wildman–Crippen LogP) is 2.71. The van der Waals surface area contributed by atoms with Gasteiger partial charge in [0.05, 0.1) is 6.04 Å². The molecule has 1 aliphatic rings. The second-order valence-electron chi connectivity index (χ2n) is 6.62. The zero-order valence-electron chi connectivity index (χ0n) is 15.0.